The fourth-order valence-corrected chi connectivity index (χ4v) is 3.37. The number of carboxylic acids is 1. The molecule has 0 radical (unpaired) electrons. The van der Waals surface area contributed by atoms with Crippen LogP contribution >= 0.6 is 0 Å². The number of aromatic nitrogens is 1. The maximum atomic E-state index is 12.5. The Hall–Kier alpha value is -2.69. The summed E-state index contributed by atoms with van der Waals surface area (Å²) in [4.78, 5) is 30.0. The first-order valence-electron chi connectivity index (χ1n) is 7.96. The summed E-state index contributed by atoms with van der Waals surface area (Å²) in [6.45, 7) is 4.35. The van der Waals surface area contributed by atoms with Gasteiger partial charge >= 0.3 is 5.97 Å². The summed E-state index contributed by atoms with van der Waals surface area (Å²) < 4.78 is 0. The van der Waals surface area contributed by atoms with Crippen molar-refractivity contribution in [1.82, 2.24) is 9.88 Å². The van der Waals surface area contributed by atoms with Gasteiger partial charge in [-0.25, -0.2) is 0 Å². The molecular weight excluding hydrogens is 304 g/mol. The van der Waals surface area contributed by atoms with Gasteiger partial charge in [-0.15, -0.1) is 0 Å². The van der Waals surface area contributed by atoms with E-state index in [0.717, 1.165) is 22.3 Å². The Morgan fingerprint density at radius 2 is 2.08 bits per heavy atom. The van der Waals surface area contributed by atoms with Crippen molar-refractivity contribution in [2.45, 2.75) is 32.9 Å². The van der Waals surface area contributed by atoms with Crippen molar-refractivity contribution in [3.05, 3.63) is 65.0 Å². The predicted molar refractivity (Wildman–Crippen MR) is 89.2 cm³/mol. The average Bonchev–Trinajstić information content (AvgIpc) is 2.88. The Labute approximate surface area is 140 Å². The molecule has 2 heterocycles. The van der Waals surface area contributed by atoms with Gasteiger partial charge in [0.25, 0.3) is 0 Å². The van der Waals surface area contributed by atoms with E-state index >= 15 is 0 Å². The first-order chi connectivity index (χ1) is 11.5. The van der Waals surface area contributed by atoms with Crippen molar-refractivity contribution in [2.75, 3.05) is 0 Å². The van der Waals surface area contributed by atoms with E-state index in [1.54, 1.807) is 17.3 Å². The van der Waals surface area contributed by atoms with Crippen molar-refractivity contribution in [1.29, 1.82) is 0 Å². The highest BCUT2D eigenvalue weighted by Crippen LogP contribution is 2.41. The van der Waals surface area contributed by atoms with Crippen LogP contribution in [0.3, 0.4) is 0 Å². The zero-order valence-electron chi connectivity index (χ0n) is 13.8. The Morgan fingerprint density at radius 3 is 2.75 bits per heavy atom. The largest absolute Gasteiger partial charge is 0.481 e. The third kappa shape index (κ3) is 2.89. The molecule has 1 N–H and O–H groups in total. The van der Waals surface area contributed by atoms with E-state index in [1.807, 2.05) is 44.2 Å². The second-order valence-corrected chi connectivity index (χ2v) is 6.27. The number of hydrogen-bond donors (Lipinski definition) is 1. The molecule has 5 nitrogen and oxygen atoms in total. The molecule has 1 aliphatic rings. The monoisotopic (exact) mass is 324 g/mol. The fraction of sp³-hybridized carbons (Fsp3) is 0.316. The summed E-state index contributed by atoms with van der Waals surface area (Å²) in [5.74, 6) is -1.78. The zero-order chi connectivity index (χ0) is 17.3. The predicted octanol–water partition coefficient (Wildman–Crippen LogP) is 2.87. The average molecular weight is 324 g/mol. The molecule has 0 saturated carbocycles. The number of nitrogens with zero attached hydrogens (tertiary/aromatic N) is 2. The number of carboxylic acid groups (broad SMARTS) is 1. The lowest BCUT2D eigenvalue weighted by atomic mass is 9.89. The normalized spacial score (nSPS) is 20.4. The minimum Gasteiger partial charge on any atom is -0.481 e. The highest BCUT2D eigenvalue weighted by molar-refractivity contribution is 5.87. The molecule has 124 valence electrons. The van der Waals surface area contributed by atoms with Gasteiger partial charge in [0.05, 0.1) is 12.0 Å². The van der Waals surface area contributed by atoms with Crippen LogP contribution in [-0.4, -0.2) is 26.9 Å². The number of aryl methyl sites for hydroxylation is 1. The van der Waals surface area contributed by atoms with Crippen LogP contribution in [0.2, 0.25) is 0 Å². The number of carbonyl (C=O) groups excluding carboxylic acids is 1. The highest BCUT2D eigenvalue weighted by atomic mass is 16.4. The number of aliphatic carboxylic acids is 1. The summed E-state index contributed by atoms with van der Waals surface area (Å²) in [5, 5.41) is 9.62. The Morgan fingerprint density at radius 1 is 1.29 bits per heavy atom. The minimum absolute atomic E-state index is 0.0354. The standard InChI is InChI=1S/C19H20N2O3/c1-12-5-3-7-15(13(12)2)18-16(19(23)24)9-17(22)21(18)11-14-6-4-8-20-10-14/h3-8,10,16,18H,9,11H2,1-2H3,(H,23,24)/t16-,18+/m1/s1. The van der Waals surface area contributed by atoms with Crippen LogP contribution in [0.25, 0.3) is 0 Å². The van der Waals surface area contributed by atoms with Crippen LogP contribution < -0.4 is 0 Å². The second-order valence-electron chi connectivity index (χ2n) is 6.27. The Bertz CT molecular complexity index is 773. The number of hydrogen-bond acceptors (Lipinski definition) is 3. The van der Waals surface area contributed by atoms with Gasteiger partial charge in [-0.2, -0.15) is 0 Å². The lowest BCUT2D eigenvalue weighted by molar-refractivity contribution is -0.142. The molecule has 0 bridgehead atoms. The molecular formula is C19H20N2O3. The topological polar surface area (TPSA) is 70.5 Å². The van der Waals surface area contributed by atoms with E-state index in [4.69, 9.17) is 0 Å². The SMILES string of the molecule is Cc1cccc([C@H]2[C@H](C(=O)O)CC(=O)N2Cc2cccnc2)c1C. The molecule has 1 saturated heterocycles. The number of rotatable bonds is 4. The van der Waals surface area contributed by atoms with Crippen LogP contribution in [0.5, 0.6) is 0 Å². The van der Waals surface area contributed by atoms with Crippen molar-refractivity contribution < 1.29 is 14.7 Å². The van der Waals surface area contributed by atoms with Crippen molar-refractivity contribution in [2.24, 2.45) is 5.92 Å². The van der Waals surface area contributed by atoms with E-state index < -0.39 is 17.9 Å². The molecule has 5 heteroatoms. The molecule has 1 aliphatic heterocycles. The maximum Gasteiger partial charge on any atom is 0.309 e. The molecule has 1 amide bonds. The Balaban J connectivity index is 2.03. The molecule has 0 spiro atoms. The molecule has 1 aromatic carbocycles. The maximum absolute atomic E-state index is 12.5. The molecule has 0 aliphatic carbocycles. The quantitative estimate of drug-likeness (QED) is 0.939. The van der Waals surface area contributed by atoms with Gasteiger partial charge < -0.3 is 10.0 Å². The van der Waals surface area contributed by atoms with Gasteiger partial charge in [-0.05, 0) is 42.2 Å². The summed E-state index contributed by atoms with van der Waals surface area (Å²) in [5.41, 5.74) is 3.95. The van der Waals surface area contributed by atoms with Crippen LogP contribution in [-0.2, 0) is 16.1 Å². The van der Waals surface area contributed by atoms with Crippen molar-refractivity contribution in [3.63, 3.8) is 0 Å². The second kappa shape index (κ2) is 6.43. The zero-order valence-corrected chi connectivity index (χ0v) is 13.8. The van der Waals surface area contributed by atoms with Gasteiger partial charge in [0.2, 0.25) is 5.91 Å². The molecule has 0 unspecified atom stereocenters. The highest BCUT2D eigenvalue weighted by Gasteiger charge is 2.45. The number of pyridine rings is 1. The molecule has 24 heavy (non-hydrogen) atoms. The van der Waals surface area contributed by atoms with Crippen molar-refractivity contribution in [3.8, 4) is 0 Å². The Kier molecular flexibility index (Phi) is 4.34. The van der Waals surface area contributed by atoms with E-state index in [2.05, 4.69) is 4.98 Å². The van der Waals surface area contributed by atoms with Crippen LogP contribution in [0.1, 0.15) is 34.7 Å². The fourth-order valence-electron chi connectivity index (χ4n) is 3.37. The molecule has 1 fully saturated rings. The van der Waals surface area contributed by atoms with Gasteiger partial charge in [-0.3, -0.25) is 14.6 Å². The number of benzene rings is 1. The van der Waals surface area contributed by atoms with E-state index in [0.29, 0.717) is 6.54 Å². The van der Waals surface area contributed by atoms with E-state index in [9.17, 15) is 14.7 Å². The summed E-state index contributed by atoms with van der Waals surface area (Å²) in [6, 6.07) is 9.11. The van der Waals surface area contributed by atoms with Gasteiger partial charge in [0.1, 0.15) is 0 Å². The lowest BCUT2D eigenvalue weighted by Crippen LogP contribution is -2.30. The van der Waals surface area contributed by atoms with Crippen LogP contribution in [0, 0.1) is 19.8 Å². The van der Waals surface area contributed by atoms with Crippen molar-refractivity contribution >= 4 is 11.9 Å². The first-order valence-corrected chi connectivity index (χ1v) is 7.96. The molecule has 2 atom stereocenters. The lowest BCUT2D eigenvalue weighted by Gasteiger charge is -2.29. The van der Waals surface area contributed by atoms with E-state index in [-0.39, 0.29) is 12.3 Å². The van der Waals surface area contributed by atoms with Gasteiger partial charge in [-0.1, -0.05) is 24.3 Å². The van der Waals surface area contributed by atoms with E-state index in [1.165, 1.54) is 0 Å². The minimum atomic E-state index is -0.928. The summed E-state index contributed by atoms with van der Waals surface area (Å²) >= 11 is 0. The third-order valence-electron chi connectivity index (χ3n) is 4.79. The smallest absolute Gasteiger partial charge is 0.309 e. The molecule has 2 aromatic rings. The van der Waals surface area contributed by atoms with Gasteiger partial charge in [0.15, 0.2) is 0 Å². The number of carbonyl (C=O) groups is 2. The molecule has 3 rings (SSSR count). The van der Waals surface area contributed by atoms with Crippen LogP contribution in [0.4, 0.5) is 0 Å². The number of amides is 1. The number of likely N-dealkylation sites (tertiary alicyclic amines) is 1. The summed E-state index contributed by atoms with van der Waals surface area (Å²) in [6.07, 6.45) is 3.42. The summed E-state index contributed by atoms with van der Waals surface area (Å²) in [7, 11) is 0. The van der Waals surface area contributed by atoms with Crippen LogP contribution in [0.15, 0.2) is 42.7 Å². The third-order valence-corrected chi connectivity index (χ3v) is 4.79. The first kappa shape index (κ1) is 16.2. The molecule has 1 aromatic heterocycles. The van der Waals surface area contributed by atoms with Gasteiger partial charge in [0, 0.05) is 25.4 Å².